The van der Waals surface area contributed by atoms with E-state index in [-0.39, 0.29) is 12.6 Å². The van der Waals surface area contributed by atoms with Crippen LogP contribution >= 0.6 is 11.3 Å². The molecule has 0 fully saturated rings. The number of hydrogen-bond acceptors (Lipinski definition) is 5. The predicted octanol–water partition coefficient (Wildman–Crippen LogP) is 5.50. The number of nitrogens with one attached hydrogen (secondary N) is 1. The molecule has 0 bridgehead atoms. The lowest BCUT2D eigenvalue weighted by atomic mass is 10.1. The zero-order valence-electron chi connectivity index (χ0n) is 18.4. The minimum atomic E-state index is -0.778. The van der Waals surface area contributed by atoms with Gasteiger partial charge in [-0.1, -0.05) is 56.3 Å². The second-order valence-corrected chi connectivity index (χ2v) is 8.98. The molecule has 1 heterocycles. The summed E-state index contributed by atoms with van der Waals surface area (Å²) >= 11 is 1.49. The van der Waals surface area contributed by atoms with Gasteiger partial charge in [0.05, 0.1) is 34.9 Å². The first kappa shape index (κ1) is 23.0. The molecule has 162 valence electrons. The van der Waals surface area contributed by atoms with Crippen LogP contribution in [0, 0.1) is 35.5 Å². The summed E-state index contributed by atoms with van der Waals surface area (Å²) in [7, 11) is 0. The van der Waals surface area contributed by atoms with Crippen LogP contribution < -0.4 is 10.2 Å². The van der Waals surface area contributed by atoms with Crippen LogP contribution in [0.4, 0.5) is 9.80 Å². The van der Waals surface area contributed by atoms with Crippen LogP contribution in [-0.2, 0) is 13.0 Å². The Labute approximate surface area is 192 Å². The lowest BCUT2D eigenvalue weighted by molar-refractivity contribution is 0.244. The Morgan fingerprint density at radius 1 is 1.16 bits per heavy atom. The fraction of sp³-hybridized carbons (Fsp3) is 0.280. The predicted molar refractivity (Wildman–Crippen MR) is 126 cm³/mol. The number of amides is 2. The highest BCUT2D eigenvalue weighted by atomic mass is 32.1. The van der Waals surface area contributed by atoms with Crippen LogP contribution in [0.25, 0.3) is 0 Å². The lowest BCUT2D eigenvalue weighted by Gasteiger charge is -2.24. The average molecular weight is 444 g/mol. The van der Waals surface area contributed by atoms with Gasteiger partial charge in [0.2, 0.25) is 0 Å². The number of benzene rings is 2. The van der Waals surface area contributed by atoms with Crippen molar-refractivity contribution in [1.29, 1.82) is 10.5 Å². The monoisotopic (exact) mass is 443 g/mol. The van der Waals surface area contributed by atoms with E-state index in [9.17, 15) is 15.3 Å². The van der Waals surface area contributed by atoms with E-state index in [0.29, 0.717) is 11.5 Å². The molecule has 3 rings (SSSR count). The molecule has 2 aromatic carbocycles. The summed E-state index contributed by atoms with van der Waals surface area (Å²) in [6, 6.07) is 19.5. The minimum Gasteiger partial charge on any atom is -0.318 e. The maximum absolute atomic E-state index is 13.4. The van der Waals surface area contributed by atoms with Gasteiger partial charge >= 0.3 is 6.03 Å². The molecule has 1 unspecified atom stereocenters. The van der Waals surface area contributed by atoms with E-state index in [1.165, 1.54) is 11.3 Å². The number of aryl methyl sites for hydroxylation is 1. The van der Waals surface area contributed by atoms with Gasteiger partial charge in [-0.15, -0.1) is 11.3 Å². The third-order valence-electron chi connectivity index (χ3n) is 4.82. The van der Waals surface area contributed by atoms with E-state index < -0.39 is 6.04 Å². The molecule has 7 heteroatoms. The second-order valence-electron chi connectivity index (χ2n) is 7.92. The van der Waals surface area contributed by atoms with Gasteiger partial charge in [-0.3, -0.25) is 4.90 Å². The van der Waals surface area contributed by atoms with Crippen molar-refractivity contribution in [2.45, 2.75) is 39.8 Å². The Hall–Kier alpha value is -3.68. The summed E-state index contributed by atoms with van der Waals surface area (Å²) < 4.78 is 0. The fourth-order valence-electron chi connectivity index (χ4n) is 3.32. The van der Waals surface area contributed by atoms with Crippen molar-refractivity contribution in [3.63, 3.8) is 0 Å². The van der Waals surface area contributed by atoms with E-state index in [4.69, 9.17) is 0 Å². The fourth-order valence-corrected chi connectivity index (χ4v) is 4.60. The minimum absolute atomic E-state index is 0.262. The number of anilines is 1. The molecule has 1 aromatic heterocycles. The Morgan fingerprint density at radius 3 is 2.56 bits per heavy atom. The Bertz CT molecular complexity index is 1160. The highest BCUT2D eigenvalue weighted by Crippen LogP contribution is 2.31. The topological polar surface area (TPSA) is 92.8 Å². The third-order valence-corrected chi connectivity index (χ3v) is 6.02. The van der Waals surface area contributed by atoms with Gasteiger partial charge in [0, 0.05) is 6.42 Å². The van der Waals surface area contributed by atoms with E-state index >= 15 is 0 Å². The van der Waals surface area contributed by atoms with Crippen LogP contribution in [0.15, 0.2) is 54.6 Å². The first-order chi connectivity index (χ1) is 15.4. The van der Waals surface area contributed by atoms with Crippen molar-refractivity contribution in [3.05, 3.63) is 82.0 Å². The standard InChI is InChI=1S/C25H25N5OS/c1-17(2)12-23-28-18(3)24(32-23)30(16-20-9-7-8-19(13-20)14-26)25(31)29-22(15-27)21-10-5-4-6-11-21/h4-11,13,17,22H,12,16H2,1-3H3,(H,29,31). The van der Waals surface area contributed by atoms with Gasteiger partial charge in [0.15, 0.2) is 0 Å². The van der Waals surface area contributed by atoms with Gasteiger partial charge in [0.1, 0.15) is 11.0 Å². The zero-order valence-corrected chi connectivity index (χ0v) is 19.2. The first-order valence-corrected chi connectivity index (χ1v) is 11.2. The molecule has 0 radical (unpaired) electrons. The summed E-state index contributed by atoms with van der Waals surface area (Å²) in [6.45, 7) is 6.41. The smallest absolute Gasteiger partial charge is 0.318 e. The maximum atomic E-state index is 13.4. The number of urea groups is 1. The van der Waals surface area contributed by atoms with E-state index in [0.717, 1.165) is 33.3 Å². The van der Waals surface area contributed by atoms with Crippen molar-refractivity contribution in [2.75, 3.05) is 4.90 Å². The normalized spacial score (nSPS) is 11.4. The largest absolute Gasteiger partial charge is 0.324 e. The molecule has 3 aromatic rings. The van der Waals surface area contributed by atoms with E-state index in [1.54, 1.807) is 23.1 Å². The van der Waals surface area contributed by atoms with Crippen LogP contribution in [0.5, 0.6) is 0 Å². The van der Waals surface area contributed by atoms with Crippen LogP contribution in [0.2, 0.25) is 0 Å². The van der Waals surface area contributed by atoms with Gasteiger partial charge in [-0.25, -0.2) is 9.78 Å². The van der Waals surface area contributed by atoms with Crippen molar-refractivity contribution in [2.24, 2.45) is 5.92 Å². The summed E-state index contributed by atoms with van der Waals surface area (Å²) in [5.41, 5.74) is 2.84. The lowest BCUT2D eigenvalue weighted by Crippen LogP contribution is -2.41. The number of thiazole rings is 1. The highest BCUT2D eigenvalue weighted by molar-refractivity contribution is 7.16. The van der Waals surface area contributed by atoms with Crippen LogP contribution in [-0.4, -0.2) is 11.0 Å². The van der Waals surface area contributed by atoms with Crippen LogP contribution in [0.1, 0.15) is 47.3 Å². The van der Waals surface area contributed by atoms with Gasteiger partial charge in [0.25, 0.3) is 0 Å². The Kier molecular flexibility index (Phi) is 7.59. The molecule has 0 saturated carbocycles. The number of hydrogen-bond donors (Lipinski definition) is 1. The van der Waals surface area contributed by atoms with Gasteiger partial charge < -0.3 is 5.32 Å². The number of carbonyl (C=O) groups is 1. The van der Waals surface area contributed by atoms with E-state index in [2.05, 4.69) is 36.3 Å². The molecule has 1 N–H and O–H groups in total. The van der Waals surface area contributed by atoms with Crippen molar-refractivity contribution in [3.8, 4) is 12.1 Å². The van der Waals surface area contributed by atoms with Crippen LogP contribution in [0.3, 0.4) is 0 Å². The van der Waals surface area contributed by atoms with Crippen molar-refractivity contribution >= 4 is 22.4 Å². The van der Waals surface area contributed by atoms with Gasteiger partial charge in [-0.2, -0.15) is 10.5 Å². The average Bonchev–Trinajstić information content (AvgIpc) is 3.15. The molecule has 0 aliphatic heterocycles. The SMILES string of the molecule is Cc1nc(CC(C)C)sc1N(Cc1cccc(C#N)c1)C(=O)NC(C#N)c1ccccc1. The van der Waals surface area contributed by atoms with E-state index in [1.807, 2.05) is 43.3 Å². The zero-order chi connectivity index (χ0) is 23.1. The Morgan fingerprint density at radius 2 is 1.91 bits per heavy atom. The quantitative estimate of drug-likeness (QED) is 0.521. The highest BCUT2D eigenvalue weighted by Gasteiger charge is 2.25. The van der Waals surface area contributed by atoms with Crippen molar-refractivity contribution in [1.82, 2.24) is 10.3 Å². The molecular weight excluding hydrogens is 418 g/mol. The molecule has 32 heavy (non-hydrogen) atoms. The molecule has 2 amide bonds. The molecule has 0 aliphatic rings. The number of nitriles is 2. The molecule has 0 spiro atoms. The molecule has 0 saturated heterocycles. The van der Waals surface area contributed by atoms with Crippen molar-refractivity contribution < 1.29 is 4.79 Å². The second kappa shape index (κ2) is 10.6. The Balaban J connectivity index is 1.94. The summed E-state index contributed by atoms with van der Waals surface area (Å²) in [5.74, 6) is 0.448. The maximum Gasteiger partial charge on any atom is 0.324 e. The molecule has 6 nitrogen and oxygen atoms in total. The number of rotatable bonds is 7. The summed E-state index contributed by atoms with van der Waals surface area (Å²) in [4.78, 5) is 19.7. The third kappa shape index (κ3) is 5.72. The molecular formula is C25H25N5OS. The number of aromatic nitrogens is 1. The number of carbonyl (C=O) groups excluding carboxylic acids is 1. The molecule has 0 aliphatic carbocycles. The first-order valence-electron chi connectivity index (χ1n) is 10.4. The number of nitrogens with zero attached hydrogens (tertiary/aromatic N) is 4. The molecule has 1 atom stereocenters. The summed E-state index contributed by atoms with van der Waals surface area (Å²) in [6.07, 6.45) is 0.829. The summed E-state index contributed by atoms with van der Waals surface area (Å²) in [5, 5.41) is 23.5. The van der Waals surface area contributed by atoms with Gasteiger partial charge in [-0.05, 0) is 36.1 Å².